The summed E-state index contributed by atoms with van der Waals surface area (Å²) in [7, 11) is 0. The van der Waals surface area contributed by atoms with Gasteiger partial charge in [-0.25, -0.2) is 4.85 Å². The lowest BCUT2D eigenvalue weighted by molar-refractivity contribution is 0.244. The van der Waals surface area contributed by atoms with Crippen molar-refractivity contribution < 1.29 is 20.2 Å². The van der Waals surface area contributed by atoms with Crippen LogP contribution in [0.1, 0.15) is 61.7 Å². The average Bonchev–Trinajstić information content (AvgIpc) is 3.35. The minimum Gasteiger partial charge on any atom is -0.502 e. The number of ether oxygens (including phenoxy) is 1. The van der Waals surface area contributed by atoms with E-state index >= 15 is 0 Å². The molecule has 30 heavy (non-hydrogen) atoms. The number of fused-ring (bicyclic) bond motifs is 1. The van der Waals surface area contributed by atoms with Crippen LogP contribution in [0.15, 0.2) is 40.9 Å². The normalized spacial score (nSPS) is 23.5. The molecule has 154 valence electrons. The third-order valence-corrected chi connectivity index (χ3v) is 4.45. The number of rotatable bonds is 7. The van der Waals surface area contributed by atoms with Gasteiger partial charge in [0.2, 0.25) is 11.5 Å². The molecule has 6 heteroatoms. The molecule has 0 spiro atoms. The van der Waals surface area contributed by atoms with Crippen LogP contribution in [0, 0.1) is 6.57 Å². The molecule has 0 amide bonds. The quantitative estimate of drug-likeness (QED) is 0.504. The molecule has 3 aromatic rings. The number of nitrogens with one attached hydrogen (secondary N) is 1. The molecule has 1 aliphatic carbocycles. The summed E-state index contributed by atoms with van der Waals surface area (Å²) in [4.78, 5) is 7.87. The second-order valence-electron chi connectivity index (χ2n) is 6.88. The summed E-state index contributed by atoms with van der Waals surface area (Å²) in [5.41, 5.74) is 0.892. The second kappa shape index (κ2) is 8.68. The molecular formula is C24H26N4O2. The molecule has 2 aromatic carbocycles. The highest BCUT2D eigenvalue weighted by atomic mass is 16.5. The van der Waals surface area contributed by atoms with Crippen molar-refractivity contribution in [2.75, 3.05) is 6.50 Å². The lowest BCUT2D eigenvalue weighted by atomic mass is 10.0. The first-order valence-corrected chi connectivity index (χ1v) is 9.45. The first kappa shape index (κ1) is 12.5. The van der Waals surface area contributed by atoms with E-state index in [1.165, 1.54) is 18.2 Å². The second-order valence-corrected chi connectivity index (χ2v) is 6.88. The summed E-state index contributed by atoms with van der Waals surface area (Å²) < 4.78 is 77.3. The Morgan fingerprint density at radius 2 is 2.27 bits per heavy atom. The number of hydrogen-bond donors (Lipinski definition) is 1. The van der Waals surface area contributed by atoms with E-state index in [1.54, 1.807) is 18.2 Å². The molecule has 0 saturated carbocycles. The smallest absolute Gasteiger partial charge is 0.256 e. The fourth-order valence-electron chi connectivity index (χ4n) is 3.16. The van der Waals surface area contributed by atoms with Crippen LogP contribution in [0.25, 0.3) is 27.7 Å². The van der Waals surface area contributed by atoms with Gasteiger partial charge in [-0.1, -0.05) is 30.3 Å². The summed E-state index contributed by atoms with van der Waals surface area (Å²) >= 11 is 0. The predicted octanol–water partition coefficient (Wildman–Crippen LogP) is 5.73. The first-order chi connectivity index (χ1) is 17.5. The molecule has 0 bridgehead atoms. The first-order valence-electron chi connectivity index (χ1n) is 13.4. The van der Waals surface area contributed by atoms with E-state index in [4.69, 9.17) is 26.8 Å². The van der Waals surface area contributed by atoms with Crippen LogP contribution in [-0.4, -0.2) is 22.7 Å². The Morgan fingerprint density at radius 3 is 3.03 bits per heavy atom. The van der Waals surface area contributed by atoms with E-state index < -0.39 is 31.7 Å². The highest BCUT2D eigenvalue weighted by molar-refractivity contribution is 5.70. The molecule has 0 aliphatic heterocycles. The summed E-state index contributed by atoms with van der Waals surface area (Å²) in [6.45, 7) is 9.51. The zero-order chi connectivity index (χ0) is 28.3. The summed E-state index contributed by atoms with van der Waals surface area (Å²) in [6.07, 6.45) is -7.76. The highest BCUT2D eigenvalue weighted by Gasteiger charge is 2.26. The van der Waals surface area contributed by atoms with Gasteiger partial charge in [0.1, 0.15) is 5.75 Å². The van der Waals surface area contributed by atoms with Crippen LogP contribution in [0.3, 0.4) is 0 Å². The van der Waals surface area contributed by atoms with Crippen LogP contribution < -0.4 is 10.1 Å². The van der Waals surface area contributed by atoms with Gasteiger partial charge in [0.05, 0.1) is 12.7 Å². The maximum absolute atomic E-state index is 8.66. The molecule has 4 rings (SSSR count). The number of nitrogens with zero attached hydrogens (tertiary/aromatic N) is 3. The van der Waals surface area contributed by atoms with E-state index in [0.717, 1.165) is 6.92 Å². The van der Waals surface area contributed by atoms with Crippen LogP contribution in [-0.2, 0) is 6.37 Å². The molecule has 0 fully saturated rings. The monoisotopic (exact) mass is 410 g/mol. The topological polar surface area (TPSA) is 64.5 Å². The molecule has 1 atom stereocenters. The molecule has 1 aromatic heterocycles. The van der Waals surface area contributed by atoms with Crippen LogP contribution in [0.5, 0.6) is 5.75 Å². The SMILES string of the molecule is [2H]C([2H])(C)C([2H])([2H])N[C@@H]1c2cccc(-c3noc(-c4ccc(OC(C)C)c([N+]#[C-])c4)n3)c2C([2H])([2H])C1([2H])[2H]. The maximum atomic E-state index is 8.66. The molecule has 0 unspecified atom stereocenters. The van der Waals surface area contributed by atoms with Gasteiger partial charge in [-0.15, -0.1) is 0 Å². The molecular weight excluding hydrogens is 376 g/mol. The van der Waals surface area contributed by atoms with Crippen molar-refractivity contribution >= 4 is 5.69 Å². The van der Waals surface area contributed by atoms with E-state index in [1.807, 2.05) is 13.8 Å². The van der Waals surface area contributed by atoms with Gasteiger partial charge in [-0.3, -0.25) is 0 Å². The standard InChI is InChI=1S/C24H26N4O2/c1-5-13-26-20-11-10-17-18(20)7-6-8-19(17)23-27-24(30-28-23)16-9-12-22(29-15(2)3)21(14-16)25-4/h6-9,12,14-15,20,26H,5,10-11,13H2,1-3H3/t20-/m0/s1/i5D2,10D2,11D2,13D2. The summed E-state index contributed by atoms with van der Waals surface area (Å²) in [5.74, 6) is 0.452. The fourth-order valence-corrected chi connectivity index (χ4v) is 3.16. The van der Waals surface area contributed by atoms with E-state index in [-0.39, 0.29) is 40.2 Å². The van der Waals surface area contributed by atoms with Gasteiger partial charge >= 0.3 is 0 Å². The van der Waals surface area contributed by atoms with Gasteiger partial charge in [0.15, 0.2) is 0 Å². The molecule has 0 saturated heterocycles. The minimum atomic E-state index is -2.66. The largest absolute Gasteiger partial charge is 0.502 e. The fraction of sp³-hybridized carbons (Fsp3) is 0.375. The van der Waals surface area contributed by atoms with Crippen molar-refractivity contribution in [3.63, 3.8) is 0 Å². The Balaban J connectivity index is 1.78. The Kier molecular flexibility index (Phi) is 3.62. The number of hydrogen-bond acceptors (Lipinski definition) is 5. The molecule has 1 aliphatic rings. The maximum Gasteiger partial charge on any atom is 0.256 e. The van der Waals surface area contributed by atoms with Crippen molar-refractivity contribution in [3.05, 3.63) is 58.9 Å². The lowest BCUT2D eigenvalue weighted by Gasteiger charge is -2.13. The van der Waals surface area contributed by atoms with Crippen LogP contribution >= 0.6 is 0 Å². The van der Waals surface area contributed by atoms with Gasteiger partial charge in [0, 0.05) is 28.1 Å². The van der Waals surface area contributed by atoms with Crippen molar-refractivity contribution in [1.82, 2.24) is 15.5 Å². The van der Waals surface area contributed by atoms with Crippen molar-refractivity contribution in [2.24, 2.45) is 0 Å². The van der Waals surface area contributed by atoms with Crippen molar-refractivity contribution in [2.45, 2.75) is 52.0 Å². The van der Waals surface area contributed by atoms with E-state index in [0.29, 0.717) is 11.3 Å². The zero-order valence-electron chi connectivity index (χ0n) is 24.8. The Morgan fingerprint density at radius 1 is 1.40 bits per heavy atom. The van der Waals surface area contributed by atoms with E-state index in [2.05, 4.69) is 20.3 Å². The Labute approximate surface area is 188 Å². The highest BCUT2D eigenvalue weighted by Crippen LogP contribution is 2.38. The van der Waals surface area contributed by atoms with Crippen molar-refractivity contribution in [1.29, 1.82) is 0 Å². The van der Waals surface area contributed by atoms with E-state index in [9.17, 15) is 0 Å². The minimum absolute atomic E-state index is 0.0159. The predicted molar refractivity (Wildman–Crippen MR) is 117 cm³/mol. The van der Waals surface area contributed by atoms with Gasteiger partial charge in [-0.05, 0) is 68.8 Å². The zero-order valence-corrected chi connectivity index (χ0v) is 16.8. The molecule has 1 heterocycles. The summed E-state index contributed by atoms with van der Waals surface area (Å²) in [5, 5.41) is 6.36. The Hall–Kier alpha value is -3.17. The van der Waals surface area contributed by atoms with Gasteiger partial charge in [-0.2, -0.15) is 4.98 Å². The van der Waals surface area contributed by atoms with Crippen molar-refractivity contribution in [3.8, 4) is 28.6 Å². The molecule has 6 nitrogen and oxygen atoms in total. The Bertz CT molecular complexity index is 1410. The lowest BCUT2D eigenvalue weighted by Crippen LogP contribution is -2.19. The number of benzene rings is 2. The van der Waals surface area contributed by atoms with Crippen LogP contribution in [0.2, 0.25) is 0 Å². The molecule has 1 N–H and O–H groups in total. The van der Waals surface area contributed by atoms with Gasteiger partial charge < -0.3 is 14.6 Å². The summed E-state index contributed by atoms with van der Waals surface area (Å²) in [6, 6.07) is 7.84. The molecule has 0 radical (unpaired) electrons. The van der Waals surface area contributed by atoms with Gasteiger partial charge in [0.25, 0.3) is 5.89 Å². The van der Waals surface area contributed by atoms with Crippen LogP contribution in [0.4, 0.5) is 5.69 Å². The third kappa shape index (κ3) is 3.94. The number of aromatic nitrogens is 2. The average molecular weight is 411 g/mol. The third-order valence-electron chi connectivity index (χ3n) is 4.45.